The first-order valence-electron chi connectivity index (χ1n) is 6.35. The van der Waals surface area contributed by atoms with Crippen LogP contribution in [0.5, 0.6) is 0 Å². The lowest BCUT2D eigenvalue weighted by atomic mass is 10.1. The summed E-state index contributed by atoms with van der Waals surface area (Å²) in [5.74, 6) is -0.943. The zero-order valence-electron chi connectivity index (χ0n) is 11.3. The summed E-state index contributed by atoms with van der Waals surface area (Å²) in [5.41, 5.74) is -1.08. The molecule has 8 heteroatoms. The van der Waals surface area contributed by atoms with Gasteiger partial charge in [-0.2, -0.15) is 13.2 Å². The highest BCUT2D eigenvalue weighted by atomic mass is 32.2. The third-order valence-corrected chi connectivity index (χ3v) is 5.38. The van der Waals surface area contributed by atoms with Gasteiger partial charge in [0.25, 0.3) is 0 Å². The number of nitrogens with zero attached hydrogens (tertiary/aromatic N) is 1. The van der Waals surface area contributed by atoms with E-state index < -0.39 is 27.4 Å². The van der Waals surface area contributed by atoms with Crippen molar-refractivity contribution in [3.05, 3.63) is 35.1 Å². The second kappa shape index (κ2) is 5.57. The fourth-order valence-electron chi connectivity index (χ4n) is 2.47. The van der Waals surface area contributed by atoms with Crippen molar-refractivity contribution in [1.29, 1.82) is 0 Å². The molecule has 1 aliphatic heterocycles. The van der Waals surface area contributed by atoms with Crippen LogP contribution in [-0.4, -0.2) is 37.9 Å². The predicted molar refractivity (Wildman–Crippen MR) is 69.9 cm³/mol. The average Bonchev–Trinajstić information content (AvgIpc) is 2.71. The van der Waals surface area contributed by atoms with Crippen molar-refractivity contribution in [2.75, 3.05) is 18.6 Å². The highest BCUT2D eigenvalue weighted by molar-refractivity contribution is 7.91. The monoisotopic (exact) mass is 325 g/mol. The van der Waals surface area contributed by atoms with E-state index in [2.05, 4.69) is 0 Å². The maximum Gasteiger partial charge on any atom is 0.416 e. The van der Waals surface area contributed by atoms with Gasteiger partial charge in [0.2, 0.25) is 0 Å². The summed E-state index contributed by atoms with van der Waals surface area (Å²) in [4.78, 5) is 1.58. The summed E-state index contributed by atoms with van der Waals surface area (Å²) in [5, 5.41) is 0. The molecular weight excluding hydrogens is 310 g/mol. The van der Waals surface area contributed by atoms with Crippen molar-refractivity contribution >= 4 is 9.84 Å². The standard InChI is InChI=1S/C13H15F4NO2S/c1-18(11-4-5-21(19,20)8-11)7-9-2-3-10(14)6-12(9)13(15,16)17/h2-3,6,11H,4-5,7-8H2,1H3/t11-/m1/s1. The lowest BCUT2D eigenvalue weighted by molar-refractivity contribution is -0.138. The van der Waals surface area contributed by atoms with Gasteiger partial charge in [0, 0.05) is 12.6 Å². The second-order valence-corrected chi connectivity index (χ2v) is 7.50. The Morgan fingerprint density at radius 3 is 2.52 bits per heavy atom. The number of rotatable bonds is 3. The summed E-state index contributed by atoms with van der Waals surface area (Å²) < 4.78 is 74.5. The number of alkyl halides is 3. The first-order valence-corrected chi connectivity index (χ1v) is 8.17. The third kappa shape index (κ3) is 3.94. The minimum atomic E-state index is -4.64. The maximum atomic E-state index is 13.0. The first kappa shape index (κ1) is 16.2. The molecule has 0 aliphatic carbocycles. The average molecular weight is 325 g/mol. The van der Waals surface area contributed by atoms with Gasteiger partial charge in [0.15, 0.2) is 9.84 Å². The first-order chi connectivity index (χ1) is 9.58. The van der Waals surface area contributed by atoms with Gasteiger partial charge in [-0.05, 0) is 31.2 Å². The van der Waals surface area contributed by atoms with Crippen LogP contribution in [0, 0.1) is 5.82 Å². The Hall–Kier alpha value is -1.15. The summed E-state index contributed by atoms with van der Waals surface area (Å²) >= 11 is 0. The van der Waals surface area contributed by atoms with Crippen LogP contribution < -0.4 is 0 Å². The van der Waals surface area contributed by atoms with Gasteiger partial charge in [0.05, 0.1) is 17.1 Å². The summed E-state index contributed by atoms with van der Waals surface area (Å²) in [7, 11) is -1.52. The largest absolute Gasteiger partial charge is 0.416 e. The minimum absolute atomic E-state index is 0.0496. The third-order valence-electron chi connectivity index (χ3n) is 3.63. The van der Waals surface area contributed by atoms with E-state index in [1.807, 2.05) is 0 Å². The lowest BCUT2D eigenvalue weighted by Crippen LogP contribution is -2.32. The van der Waals surface area contributed by atoms with Gasteiger partial charge in [-0.25, -0.2) is 12.8 Å². The van der Waals surface area contributed by atoms with Crippen LogP contribution >= 0.6 is 0 Å². The van der Waals surface area contributed by atoms with E-state index in [9.17, 15) is 26.0 Å². The molecule has 118 valence electrons. The number of hydrogen-bond acceptors (Lipinski definition) is 3. The van der Waals surface area contributed by atoms with Gasteiger partial charge in [-0.1, -0.05) is 6.07 Å². The normalized spacial score (nSPS) is 21.9. The zero-order chi connectivity index (χ0) is 15.8. The van der Waals surface area contributed by atoms with E-state index in [1.165, 1.54) is 0 Å². The molecule has 3 nitrogen and oxygen atoms in total. The fraction of sp³-hybridized carbons (Fsp3) is 0.538. The Balaban J connectivity index is 2.20. The van der Waals surface area contributed by atoms with Gasteiger partial charge < -0.3 is 0 Å². The van der Waals surface area contributed by atoms with Crippen molar-refractivity contribution in [2.24, 2.45) is 0 Å². The molecule has 1 aromatic carbocycles. The highest BCUT2D eigenvalue weighted by Gasteiger charge is 2.35. The van der Waals surface area contributed by atoms with E-state index >= 15 is 0 Å². The Morgan fingerprint density at radius 2 is 2.00 bits per heavy atom. The molecule has 21 heavy (non-hydrogen) atoms. The number of hydrogen-bond donors (Lipinski definition) is 0. The number of sulfone groups is 1. The molecule has 1 aliphatic rings. The van der Waals surface area contributed by atoms with Gasteiger partial charge >= 0.3 is 6.18 Å². The molecule has 1 fully saturated rings. The number of benzene rings is 1. The van der Waals surface area contributed by atoms with Gasteiger partial charge in [-0.3, -0.25) is 4.90 Å². The van der Waals surface area contributed by atoms with E-state index in [1.54, 1.807) is 11.9 Å². The van der Waals surface area contributed by atoms with Crippen LogP contribution in [-0.2, 0) is 22.6 Å². The molecule has 0 spiro atoms. The molecule has 0 amide bonds. The Morgan fingerprint density at radius 1 is 1.33 bits per heavy atom. The number of halogens is 4. The Bertz CT molecular complexity index is 628. The molecular formula is C13H15F4NO2S. The van der Waals surface area contributed by atoms with Crippen LogP contribution in [0.15, 0.2) is 18.2 Å². The van der Waals surface area contributed by atoms with Crippen LogP contribution in [0.2, 0.25) is 0 Å². The minimum Gasteiger partial charge on any atom is -0.298 e. The van der Waals surface area contributed by atoms with Crippen molar-refractivity contribution in [3.8, 4) is 0 Å². The summed E-state index contributed by atoms with van der Waals surface area (Å²) in [6, 6.07) is 2.23. The van der Waals surface area contributed by atoms with Gasteiger partial charge in [0.1, 0.15) is 5.82 Å². The molecule has 2 rings (SSSR count). The Labute approximate surface area is 120 Å². The molecule has 0 unspecified atom stereocenters. The maximum absolute atomic E-state index is 13.0. The molecule has 1 atom stereocenters. The van der Waals surface area contributed by atoms with Crippen molar-refractivity contribution in [3.63, 3.8) is 0 Å². The quantitative estimate of drug-likeness (QED) is 0.801. The second-order valence-electron chi connectivity index (χ2n) is 5.27. The molecule has 1 heterocycles. The summed E-state index contributed by atoms with van der Waals surface area (Å²) in [6.07, 6.45) is -4.23. The molecule has 1 aromatic rings. The topological polar surface area (TPSA) is 37.4 Å². The SMILES string of the molecule is CN(Cc1ccc(F)cc1C(F)(F)F)[C@@H]1CCS(=O)(=O)C1. The lowest BCUT2D eigenvalue weighted by Gasteiger charge is -2.24. The molecule has 0 aromatic heterocycles. The van der Waals surface area contributed by atoms with Crippen LogP contribution in [0.3, 0.4) is 0 Å². The van der Waals surface area contributed by atoms with Crippen molar-refractivity contribution in [1.82, 2.24) is 4.90 Å². The zero-order valence-corrected chi connectivity index (χ0v) is 12.1. The van der Waals surface area contributed by atoms with E-state index in [-0.39, 0.29) is 29.7 Å². The van der Waals surface area contributed by atoms with Gasteiger partial charge in [-0.15, -0.1) is 0 Å². The Kier molecular flexibility index (Phi) is 4.30. The molecule has 0 bridgehead atoms. The molecule has 0 radical (unpaired) electrons. The van der Waals surface area contributed by atoms with Crippen molar-refractivity contribution < 1.29 is 26.0 Å². The fourth-order valence-corrected chi connectivity index (χ4v) is 4.28. The predicted octanol–water partition coefficient (Wildman–Crippen LogP) is 2.46. The van der Waals surface area contributed by atoms with E-state index in [4.69, 9.17) is 0 Å². The highest BCUT2D eigenvalue weighted by Crippen LogP contribution is 2.33. The molecule has 0 N–H and O–H groups in total. The van der Waals surface area contributed by atoms with Crippen LogP contribution in [0.4, 0.5) is 17.6 Å². The molecule has 1 saturated heterocycles. The molecule has 0 saturated carbocycles. The van der Waals surface area contributed by atoms with Crippen LogP contribution in [0.1, 0.15) is 17.5 Å². The van der Waals surface area contributed by atoms with Crippen LogP contribution in [0.25, 0.3) is 0 Å². The van der Waals surface area contributed by atoms with Crippen molar-refractivity contribution in [2.45, 2.75) is 25.2 Å². The van der Waals surface area contributed by atoms with E-state index in [0.29, 0.717) is 12.5 Å². The summed E-state index contributed by atoms with van der Waals surface area (Å²) in [6.45, 7) is -0.0741. The van der Waals surface area contributed by atoms with E-state index in [0.717, 1.165) is 12.1 Å². The smallest absolute Gasteiger partial charge is 0.298 e.